The van der Waals surface area contributed by atoms with Gasteiger partial charge >= 0.3 is 0 Å². The molecule has 0 aromatic heterocycles. The molecule has 0 aliphatic carbocycles. The molecule has 0 fully saturated rings. The lowest BCUT2D eigenvalue weighted by Crippen LogP contribution is -2.45. The van der Waals surface area contributed by atoms with Crippen LogP contribution in [0.5, 0.6) is 11.5 Å². The van der Waals surface area contributed by atoms with Crippen molar-refractivity contribution in [2.45, 2.75) is 30.7 Å². The molecule has 1 aliphatic rings. The van der Waals surface area contributed by atoms with Gasteiger partial charge in [-0.05, 0) is 47.5 Å². The van der Waals surface area contributed by atoms with Crippen LogP contribution in [0.4, 0.5) is 4.39 Å². The molecule has 140 valence electrons. The van der Waals surface area contributed by atoms with E-state index in [2.05, 4.69) is 0 Å². The second-order valence-electron chi connectivity index (χ2n) is 6.98. The third kappa shape index (κ3) is 3.17. The van der Waals surface area contributed by atoms with Gasteiger partial charge in [-0.25, -0.2) is 12.8 Å². The number of fused-ring (bicyclic) bond motifs is 1. The zero-order valence-electron chi connectivity index (χ0n) is 15.2. The lowest BCUT2D eigenvalue weighted by molar-refractivity contribution is 0.294. The Morgan fingerprint density at radius 3 is 2.19 bits per heavy atom. The van der Waals surface area contributed by atoms with Crippen molar-refractivity contribution >= 4 is 10.0 Å². The Morgan fingerprint density at radius 1 is 1.04 bits per heavy atom. The molecule has 5 nitrogen and oxygen atoms in total. The Morgan fingerprint density at radius 2 is 1.62 bits per heavy atom. The summed E-state index contributed by atoms with van der Waals surface area (Å²) in [4.78, 5) is 0.0821. The van der Waals surface area contributed by atoms with Crippen molar-refractivity contribution in [3.05, 3.63) is 53.3 Å². The Balaban J connectivity index is 2.05. The first-order chi connectivity index (χ1) is 12.2. The first-order valence-electron chi connectivity index (χ1n) is 8.20. The highest BCUT2D eigenvalue weighted by molar-refractivity contribution is 7.89. The Labute approximate surface area is 153 Å². The maximum Gasteiger partial charge on any atom is 0.243 e. The van der Waals surface area contributed by atoms with E-state index in [0.717, 1.165) is 23.3 Å². The molecule has 1 heterocycles. The molecule has 0 saturated heterocycles. The first kappa shape index (κ1) is 18.7. The number of halogens is 1. The average molecular weight is 379 g/mol. The predicted octanol–water partition coefficient (Wildman–Crippen LogP) is 3.33. The minimum atomic E-state index is -3.73. The van der Waals surface area contributed by atoms with Gasteiger partial charge in [0, 0.05) is 18.5 Å². The third-order valence-corrected chi connectivity index (χ3v) is 6.51. The molecule has 0 amide bonds. The van der Waals surface area contributed by atoms with Crippen molar-refractivity contribution in [3.63, 3.8) is 0 Å². The van der Waals surface area contributed by atoms with Gasteiger partial charge in [0.25, 0.3) is 0 Å². The summed E-state index contributed by atoms with van der Waals surface area (Å²) in [7, 11) is -0.612. The summed E-state index contributed by atoms with van der Waals surface area (Å²) in [5.74, 6) is 0.711. The number of benzene rings is 2. The van der Waals surface area contributed by atoms with E-state index >= 15 is 0 Å². The van der Waals surface area contributed by atoms with E-state index in [1.165, 1.54) is 16.4 Å². The van der Waals surface area contributed by atoms with E-state index in [1.807, 2.05) is 26.0 Å². The quantitative estimate of drug-likeness (QED) is 0.818. The lowest BCUT2D eigenvalue weighted by atomic mass is 9.79. The number of methoxy groups -OCH3 is 2. The number of hydrogen-bond donors (Lipinski definition) is 0. The summed E-state index contributed by atoms with van der Waals surface area (Å²) in [6, 6.07) is 8.63. The highest BCUT2D eigenvalue weighted by Crippen LogP contribution is 2.41. The van der Waals surface area contributed by atoms with Crippen molar-refractivity contribution in [1.82, 2.24) is 4.31 Å². The molecule has 0 spiro atoms. The molecule has 2 aromatic rings. The van der Waals surface area contributed by atoms with Gasteiger partial charge in [0.15, 0.2) is 11.5 Å². The van der Waals surface area contributed by atoms with Crippen molar-refractivity contribution in [1.29, 1.82) is 0 Å². The van der Waals surface area contributed by atoms with Crippen LogP contribution < -0.4 is 9.47 Å². The minimum absolute atomic E-state index is 0.0821. The predicted molar refractivity (Wildman–Crippen MR) is 96.6 cm³/mol. The van der Waals surface area contributed by atoms with Crippen LogP contribution in [0.25, 0.3) is 0 Å². The van der Waals surface area contributed by atoms with E-state index in [9.17, 15) is 12.8 Å². The van der Waals surface area contributed by atoms with Crippen molar-refractivity contribution < 1.29 is 22.3 Å². The van der Waals surface area contributed by atoms with Crippen LogP contribution in [-0.2, 0) is 22.0 Å². The summed E-state index contributed by atoms with van der Waals surface area (Å²) in [5.41, 5.74) is 1.48. The number of sulfonamides is 1. The zero-order valence-corrected chi connectivity index (χ0v) is 16.1. The molecule has 26 heavy (non-hydrogen) atoms. The molecule has 2 aromatic carbocycles. The van der Waals surface area contributed by atoms with E-state index in [4.69, 9.17) is 9.47 Å². The Kier molecular flexibility index (Phi) is 4.71. The highest BCUT2D eigenvalue weighted by Gasteiger charge is 2.38. The molecule has 0 atom stereocenters. The number of ether oxygens (including phenoxy) is 2. The number of rotatable bonds is 4. The molecular weight excluding hydrogens is 357 g/mol. The second kappa shape index (κ2) is 6.55. The van der Waals surface area contributed by atoms with Crippen molar-refractivity contribution in [2.75, 3.05) is 20.8 Å². The largest absolute Gasteiger partial charge is 0.493 e. The Bertz CT molecular complexity index is 923. The zero-order chi connectivity index (χ0) is 19.1. The van der Waals surface area contributed by atoms with Crippen LogP contribution in [0.3, 0.4) is 0 Å². The monoisotopic (exact) mass is 379 g/mol. The maximum atomic E-state index is 13.2. The molecule has 0 saturated carbocycles. The van der Waals surface area contributed by atoms with Crippen LogP contribution in [0.1, 0.15) is 25.0 Å². The fourth-order valence-electron chi connectivity index (χ4n) is 3.38. The van der Waals surface area contributed by atoms with Gasteiger partial charge in [-0.2, -0.15) is 4.31 Å². The van der Waals surface area contributed by atoms with Crippen molar-refractivity contribution in [3.8, 4) is 11.5 Å². The SMILES string of the molecule is COc1cc2c(cc1OC)C(C)(C)CN(S(=O)(=O)c1ccc(F)cc1)C2. The van der Waals surface area contributed by atoms with Gasteiger partial charge in [-0.1, -0.05) is 13.8 Å². The topological polar surface area (TPSA) is 55.8 Å². The average Bonchev–Trinajstić information content (AvgIpc) is 2.60. The maximum absolute atomic E-state index is 13.2. The molecule has 7 heteroatoms. The summed E-state index contributed by atoms with van der Waals surface area (Å²) < 4.78 is 51.4. The molecule has 1 aliphatic heterocycles. The Hall–Kier alpha value is -2.12. The van der Waals surface area contributed by atoms with E-state index in [0.29, 0.717) is 18.0 Å². The van der Waals surface area contributed by atoms with Gasteiger partial charge in [-0.15, -0.1) is 0 Å². The van der Waals surface area contributed by atoms with Gasteiger partial charge < -0.3 is 9.47 Å². The highest BCUT2D eigenvalue weighted by atomic mass is 32.2. The molecule has 0 N–H and O–H groups in total. The lowest BCUT2D eigenvalue weighted by Gasteiger charge is -2.39. The third-order valence-electron chi connectivity index (χ3n) is 4.71. The van der Waals surface area contributed by atoms with Crippen molar-refractivity contribution in [2.24, 2.45) is 0 Å². The first-order valence-corrected chi connectivity index (χ1v) is 9.64. The van der Waals surface area contributed by atoms with Gasteiger partial charge in [0.2, 0.25) is 10.0 Å². The molecule has 0 bridgehead atoms. The summed E-state index contributed by atoms with van der Waals surface area (Å²) in [6.07, 6.45) is 0. The summed E-state index contributed by atoms with van der Waals surface area (Å²) in [5, 5.41) is 0. The van der Waals surface area contributed by atoms with E-state index in [1.54, 1.807) is 14.2 Å². The number of nitrogens with zero attached hydrogens (tertiary/aromatic N) is 1. The smallest absolute Gasteiger partial charge is 0.243 e. The standard InChI is InChI=1S/C19H22FNO4S/c1-19(2)12-21(26(22,23)15-7-5-14(20)6-8-15)11-13-9-17(24-3)18(25-4)10-16(13)19/h5-10H,11-12H2,1-4H3. The summed E-state index contributed by atoms with van der Waals surface area (Å²) in [6.45, 7) is 4.52. The van der Waals surface area contributed by atoms with Crippen LogP contribution in [0.2, 0.25) is 0 Å². The fraction of sp³-hybridized carbons (Fsp3) is 0.368. The van der Waals surface area contributed by atoms with Gasteiger partial charge in [0.05, 0.1) is 19.1 Å². The van der Waals surface area contributed by atoms with Crippen LogP contribution in [0, 0.1) is 5.82 Å². The van der Waals surface area contributed by atoms with Crippen LogP contribution in [0.15, 0.2) is 41.3 Å². The minimum Gasteiger partial charge on any atom is -0.493 e. The molecule has 3 rings (SSSR count). The van der Waals surface area contributed by atoms with Gasteiger partial charge in [0.1, 0.15) is 5.82 Å². The second-order valence-corrected chi connectivity index (χ2v) is 8.91. The molecule has 0 unspecified atom stereocenters. The van der Waals surface area contributed by atoms with Gasteiger partial charge in [-0.3, -0.25) is 0 Å². The molecule has 0 radical (unpaired) electrons. The molecular formula is C19H22FNO4S. The fourth-order valence-corrected chi connectivity index (χ4v) is 4.96. The van der Waals surface area contributed by atoms with Crippen LogP contribution >= 0.6 is 0 Å². The van der Waals surface area contributed by atoms with E-state index < -0.39 is 21.3 Å². The van der Waals surface area contributed by atoms with E-state index in [-0.39, 0.29) is 11.4 Å². The normalized spacial score (nSPS) is 16.8. The van der Waals surface area contributed by atoms with Crippen LogP contribution in [-0.4, -0.2) is 33.5 Å². The summed E-state index contributed by atoms with van der Waals surface area (Å²) >= 11 is 0. The number of hydrogen-bond acceptors (Lipinski definition) is 4.